The monoisotopic (exact) mass is 397 g/mol. The molecule has 156 valence electrons. The summed E-state index contributed by atoms with van der Waals surface area (Å²) in [6.07, 6.45) is 2.15. The molecule has 0 amide bonds. The molecule has 2 N–H and O–H groups in total. The number of nitrogens with one attached hydrogen (secondary N) is 2. The molecule has 29 heavy (non-hydrogen) atoms. The fourth-order valence-electron chi connectivity index (χ4n) is 3.09. The third kappa shape index (κ3) is 6.94. The van der Waals surface area contributed by atoms with E-state index in [-0.39, 0.29) is 6.10 Å². The lowest BCUT2D eigenvalue weighted by Gasteiger charge is -2.32. The van der Waals surface area contributed by atoms with E-state index >= 15 is 0 Å². The predicted octanol–water partition coefficient (Wildman–Crippen LogP) is 2.44. The first kappa shape index (κ1) is 20.9. The third-order valence-electron chi connectivity index (χ3n) is 4.54. The fourth-order valence-corrected chi connectivity index (χ4v) is 3.09. The van der Waals surface area contributed by atoms with Crippen molar-refractivity contribution in [1.82, 2.24) is 15.6 Å². The number of aliphatic imine (C=N–C) groups is 1. The van der Waals surface area contributed by atoms with Crippen molar-refractivity contribution in [3.8, 4) is 5.75 Å². The Balaban J connectivity index is 1.47. The van der Waals surface area contributed by atoms with E-state index in [2.05, 4.69) is 51.5 Å². The van der Waals surface area contributed by atoms with Crippen LogP contribution in [0, 0.1) is 0 Å². The molecule has 7 nitrogen and oxygen atoms in total. The second kappa shape index (κ2) is 11.3. The van der Waals surface area contributed by atoms with Gasteiger partial charge < -0.3 is 25.0 Å². The number of anilines is 1. The quantitative estimate of drug-likeness (QED) is 0.405. The van der Waals surface area contributed by atoms with Crippen molar-refractivity contribution in [3.05, 3.63) is 54.2 Å². The second-order valence-electron chi connectivity index (χ2n) is 6.94. The largest absolute Gasteiger partial charge is 0.492 e. The van der Waals surface area contributed by atoms with Crippen LogP contribution in [0.5, 0.6) is 5.75 Å². The normalized spacial score (nSPS) is 17.1. The lowest BCUT2D eigenvalue weighted by molar-refractivity contribution is 0.0529. The van der Waals surface area contributed by atoms with Crippen molar-refractivity contribution in [3.63, 3.8) is 0 Å². The first-order valence-electron chi connectivity index (χ1n) is 10.3. The molecule has 0 aliphatic carbocycles. The van der Waals surface area contributed by atoms with E-state index in [9.17, 15) is 0 Å². The molecule has 1 atom stereocenters. The van der Waals surface area contributed by atoms with Crippen LogP contribution in [0.3, 0.4) is 0 Å². The number of para-hydroxylation sites is 1. The lowest BCUT2D eigenvalue weighted by atomic mass is 10.2. The van der Waals surface area contributed by atoms with E-state index in [1.54, 1.807) is 0 Å². The maximum absolute atomic E-state index is 5.71. The van der Waals surface area contributed by atoms with Gasteiger partial charge >= 0.3 is 0 Å². The van der Waals surface area contributed by atoms with Crippen LogP contribution in [-0.4, -0.2) is 56.4 Å². The van der Waals surface area contributed by atoms with Gasteiger partial charge in [0.15, 0.2) is 5.96 Å². The van der Waals surface area contributed by atoms with Gasteiger partial charge in [-0.3, -0.25) is 0 Å². The third-order valence-corrected chi connectivity index (χ3v) is 4.54. The highest BCUT2D eigenvalue weighted by atomic mass is 16.5. The Labute approximate surface area is 173 Å². The Kier molecular flexibility index (Phi) is 8.12. The zero-order valence-corrected chi connectivity index (χ0v) is 17.3. The van der Waals surface area contributed by atoms with Crippen LogP contribution in [0.2, 0.25) is 0 Å². The van der Waals surface area contributed by atoms with E-state index in [1.807, 2.05) is 36.5 Å². The Morgan fingerprint density at radius 2 is 2.10 bits per heavy atom. The number of rotatable bonds is 8. The summed E-state index contributed by atoms with van der Waals surface area (Å²) in [6, 6.07) is 14.0. The topological polar surface area (TPSA) is 71.0 Å². The number of hydrogen-bond donors (Lipinski definition) is 2. The van der Waals surface area contributed by atoms with Crippen molar-refractivity contribution in [2.24, 2.45) is 4.99 Å². The van der Waals surface area contributed by atoms with E-state index in [1.165, 1.54) is 0 Å². The Morgan fingerprint density at radius 1 is 1.24 bits per heavy atom. The highest BCUT2D eigenvalue weighted by Crippen LogP contribution is 2.15. The molecule has 1 saturated heterocycles. The van der Waals surface area contributed by atoms with E-state index in [0.29, 0.717) is 19.7 Å². The lowest BCUT2D eigenvalue weighted by Crippen LogP contribution is -2.41. The number of guanidine groups is 1. The average molecular weight is 398 g/mol. The minimum atomic E-state index is 0.245. The standard InChI is InChI=1S/C22H31N5O2/c1-3-23-22(24-11-13-29-20-7-5-4-6-8-20)26-16-19-9-10-21(25-15-19)27-12-14-28-18(2)17-27/h4-10,15,18H,3,11-14,16-17H2,1-2H3,(H2,23,24,26). The summed E-state index contributed by atoms with van der Waals surface area (Å²) in [5.41, 5.74) is 1.08. The number of morpholine rings is 1. The molecule has 1 aromatic carbocycles. The van der Waals surface area contributed by atoms with Gasteiger partial charge in [0.2, 0.25) is 0 Å². The van der Waals surface area contributed by atoms with Crippen LogP contribution in [0.4, 0.5) is 5.82 Å². The summed E-state index contributed by atoms with van der Waals surface area (Å²) in [6.45, 7) is 9.28. The maximum Gasteiger partial charge on any atom is 0.191 e. The highest BCUT2D eigenvalue weighted by molar-refractivity contribution is 5.79. The van der Waals surface area contributed by atoms with Gasteiger partial charge in [-0.15, -0.1) is 0 Å². The first-order valence-corrected chi connectivity index (χ1v) is 10.3. The summed E-state index contributed by atoms with van der Waals surface area (Å²) in [7, 11) is 0. The van der Waals surface area contributed by atoms with Crippen LogP contribution in [0.15, 0.2) is 53.7 Å². The molecule has 2 aromatic rings. The highest BCUT2D eigenvalue weighted by Gasteiger charge is 2.17. The molecular formula is C22H31N5O2. The van der Waals surface area contributed by atoms with Gasteiger partial charge in [0, 0.05) is 25.8 Å². The van der Waals surface area contributed by atoms with Crippen molar-refractivity contribution in [2.45, 2.75) is 26.5 Å². The number of nitrogens with zero attached hydrogens (tertiary/aromatic N) is 3. The molecule has 3 rings (SSSR count). The van der Waals surface area contributed by atoms with Gasteiger partial charge in [-0.25, -0.2) is 9.98 Å². The second-order valence-corrected chi connectivity index (χ2v) is 6.94. The molecule has 1 fully saturated rings. The number of aromatic nitrogens is 1. The van der Waals surface area contributed by atoms with E-state index in [4.69, 9.17) is 9.47 Å². The maximum atomic E-state index is 5.71. The van der Waals surface area contributed by atoms with Gasteiger partial charge in [-0.1, -0.05) is 24.3 Å². The number of pyridine rings is 1. The van der Waals surface area contributed by atoms with Crippen molar-refractivity contribution >= 4 is 11.8 Å². The minimum Gasteiger partial charge on any atom is -0.492 e. The number of benzene rings is 1. The van der Waals surface area contributed by atoms with Crippen LogP contribution in [-0.2, 0) is 11.3 Å². The van der Waals surface area contributed by atoms with Gasteiger partial charge in [0.1, 0.15) is 18.2 Å². The van der Waals surface area contributed by atoms with Crippen LogP contribution >= 0.6 is 0 Å². The summed E-state index contributed by atoms with van der Waals surface area (Å²) in [4.78, 5) is 11.5. The Bertz CT molecular complexity index is 752. The molecule has 7 heteroatoms. The molecule has 0 saturated carbocycles. The number of hydrogen-bond acceptors (Lipinski definition) is 5. The molecule has 1 aliphatic rings. The Hall–Kier alpha value is -2.80. The molecule has 1 aromatic heterocycles. The number of ether oxygens (including phenoxy) is 2. The molecule has 0 bridgehead atoms. The fraction of sp³-hybridized carbons (Fsp3) is 0.455. The van der Waals surface area contributed by atoms with Crippen LogP contribution in [0.25, 0.3) is 0 Å². The summed E-state index contributed by atoms with van der Waals surface area (Å²) >= 11 is 0. The molecular weight excluding hydrogens is 366 g/mol. The molecule has 0 radical (unpaired) electrons. The average Bonchev–Trinajstić information content (AvgIpc) is 2.76. The van der Waals surface area contributed by atoms with Gasteiger partial charge in [-0.05, 0) is 37.6 Å². The first-order chi connectivity index (χ1) is 14.2. The zero-order chi connectivity index (χ0) is 20.3. The Morgan fingerprint density at radius 3 is 2.83 bits per heavy atom. The van der Waals surface area contributed by atoms with Crippen LogP contribution in [0.1, 0.15) is 19.4 Å². The van der Waals surface area contributed by atoms with Gasteiger partial charge in [0.05, 0.1) is 25.8 Å². The van der Waals surface area contributed by atoms with Crippen LogP contribution < -0.4 is 20.3 Å². The van der Waals surface area contributed by atoms with Crippen molar-refractivity contribution in [2.75, 3.05) is 44.3 Å². The molecule has 1 unspecified atom stereocenters. The summed E-state index contributed by atoms with van der Waals surface area (Å²) in [5.74, 6) is 2.64. The van der Waals surface area contributed by atoms with E-state index < -0.39 is 0 Å². The van der Waals surface area contributed by atoms with E-state index in [0.717, 1.165) is 49.3 Å². The zero-order valence-electron chi connectivity index (χ0n) is 17.3. The molecule has 0 spiro atoms. The van der Waals surface area contributed by atoms with Crippen molar-refractivity contribution in [1.29, 1.82) is 0 Å². The molecule has 1 aliphatic heterocycles. The summed E-state index contributed by atoms with van der Waals surface area (Å²) in [5, 5.41) is 6.56. The SMILES string of the molecule is CCNC(=NCc1ccc(N2CCOC(C)C2)nc1)NCCOc1ccccc1. The predicted molar refractivity (Wildman–Crippen MR) is 117 cm³/mol. The smallest absolute Gasteiger partial charge is 0.191 e. The minimum absolute atomic E-state index is 0.245. The molecule has 2 heterocycles. The van der Waals surface area contributed by atoms with Crippen molar-refractivity contribution < 1.29 is 9.47 Å². The van der Waals surface area contributed by atoms with Gasteiger partial charge in [-0.2, -0.15) is 0 Å². The van der Waals surface area contributed by atoms with Gasteiger partial charge in [0.25, 0.3) is 0 Å². The summed E-state index contributed by atoms with van der Waals surface area (Å²) < 4.78 is 11.3.